The third-order valence-corrected chi connectivity index (χ3v) is 2.79. The van der Waals surface area contributed by atoms with E-state index in [0.717, 1.165) is 6.07 Å². The van der Waals surface area contributed by atoms with E-state index in [1.165, 1.54) is 12.1 Å². The zero-order valence-electron chi connectivity index (χ0n) is 10.8. The van der Waals surface area contributed by atoms with Crippen LogP contribution >= 0.6 is 0 Å². The molecule has 0 heterocycles. The average Bonchev–Trinajstić information content (AvgIpc) is 2.38. The predicted octanol–water partition coefficient (Wildman–Crippen LogP) is 1.24. The van der Waals surface area contributed by atoms with Gasteiger partial charge in [-0.15, -0.1) is 0 Å². The van der Waals surface area contributed by atoms with Crippen LogP contribution in [0.1, 0.15) is 30.1 Å². The number of hydrogen-bond donors (Lipinski definition) is 3. The third kappa shape index (κ3) is 4.67. The lowest BCUT2D eigenvalue weighted by atomic mass is 10.1. The Morgan fingerprint density at radius 2 is 2.11 bits per heavy atom. The Morgan fingerprint density at radius 3 is 2.68 bits per heavy atom. The minimum Gasteiger partial charge on any atom is -0.366 e. The summed E-state index contributed by atoms with van der Waals surface area (Å²) in [5.74, 6) is -1.37. The average molecular weight is 267 g/mol. The number of primary amides is 1. The molecule has 1 unspecified atom stereocenters. The Bertz CT molecular complexity index is 477. The maximum atomic E-state index is 13.5. The van der Waals surface area contributed by atoms with Gasteiger partial charge in [-0.05, 0) is 37.1 Å². The Kier molecular flexibility index (Phi) is 5.44. The maximum absolute atomic E-state index is 13.5. The topological polar surface area (TPSA) is 98.2 Å². The van der Waals surface area contributed by atoms with E-state index >= 15 is 0 Å². The molecule has 0 aliphatic heterocycles. The maximum Gasteiger partial charge on any atom is 0.248 e. The highest BCUT2D eigenvalue weighted by molar-refractivity contribution is 5.96. The predicted molar refractivity (Wildman–Crippen MR) is 71.0 cm³/mol. The molecule has 5 N–H and O–H groups in total. The molecule has 0 aliphatic carbocycles. The Morgan fingerprint density at radius 1 is 1.42 bits per heavy atom. The molecule has 0 spiro atoms. The van der Waals surface area contributed by atoms with Crippen LogP contribution in [0.3, 0.4) is 0 Å². The Labute approximate surface area is 111 Å². The SMILES string of the molecule is CC(CN)CCC(=O)Nc1cc(C(N)=O)ccc1F. The van der Waals surface area contributed by atoms with Gasteiger partial charge in [0.25, 0.3) is 0 Å². The van der Waals surface area contributed by atoms with Crippen LogP contribution in [0.4, 0.5) is 10.1 Å². The van der Waals surface area contributed by atoms with Crippen molar-refractivity contribution in [3.8, 4) is 0 Å². The van der Waals surface area contributed by atoms with Crippen LogP contribution in [-0.4, -0.2) is 18.4 Å². The van der Waals surface area contributed by atoms with Crippen molar-refractivity contribution in [2.45, 2.75) is 19.8 Å². The second-order valence-corrected chi connectivity index (χ2v) is 4.49. The molecular formula is C13H18FN3O2. The number of hydrogen-bond acceptors (Lipinski definition) is 3. The normalized spacial score (nSPS) is 11.9. The van der Waals surface area contributed by atoms with Gasteiger partial charge in [-0.2, -0.15) is 0 Å². The van der Waals surface area contributed by atoms with E-state index in [0.29, 0.717) is 13.0 Å². The highest BCUT2D eigenvalue weighted by Gasteiger charge is 2.11. The van der Waals surface area contributed by atoms with Gasteiger partial charge in [0, 0.05) is 12.0 Å². The first-order valence-electron chi connectivity index (χ1n) is 6.03. The molecule has 104 valence electrons. The molecule has 0 saturated carbocycles. The van der Waals surface area contributed by atoms with Crippen molar-refractivity contribution >= 4 is 17.5 Å². The largest absolute Gasteiger partial charge is 0.366 e. The van der Waals surface area contributed by atoms with Gasteiger partial charge in [-0.25, -0.2) is 4.39 Å². The molecule has 0 aliphatic rings. The zero-order valence-corrected chi connectivity index (χ0v) is 10.8. The number of carbonyl (C=O) groups is 2. The highest BCUT2D eigenvalue weighted by atomic mass is 19.1. The molecule has 5 nitrogen and oxygen atoms in total. The number of halogens is 1. The monoisotopic (exact) mass is 267 g/mol. The fourth-order valence-corrected chi connectivity index (χ4v) is 1.48. The van der Waals surface area contributed by atoms with E-state index in [1.54, 1.807) is 0 Å². The Balaban J connectivity index is 2.68. The van der Waals surface area contributed by atoms with Gasteiger partial charge in [0.05, 0.1) is 5.69 Å². The fraction of sp³-hybridized carbons (Fsp3) is 0.385. The quantitative estimate of drug-likeness (QED) is 0.723. The van der Waals surface area contributed by atoms with Crippen molar-refractivity contribution in [1.82, 2.24) is 0 Å². The van der Waals surface area contributed by atoms with Crippen LogP contribution in [0.15, 0.2) is 18.2 Å². The number of rotatable bonds is 6. The van der Waals surface area contributed by atoms with Crippen molar-refractivity contribution in [1.29, 1.82) is 0 Å². The Hall–Kier alpha value is -1.95. The summed E-state index contributed by atoms with van der Waals surface area (Å²) in [5, 5.41) is 2.42. The molecule has 6 heteroatoms. The minimum absolute atomic E-state index is 0.0401. The number of anilines is 1. The summed E-state index contributed by atoms with van der Waals surface area (Å²) in [6.07, 6.45) is 0.873. The number of benzene rings is 1. The molecule has 1 aromatic carbocycles. The first-order chi connectivity index (χ1) is 8.93. The van der Waals surface area contributed by atoms with E-state index in [9.17, 15) is 14.0 Å². The van der Waals surface area contributed by atoms with Crippen LogP contribution in [0.25, 0.3) is 0 Å². The number of nitrogens with two attached hydrogens (primary N) is 2. The van der Waals surface area contributed by atoms with E-state index in [4.69, 9.17) is 11.5 Å². The van der Waals surface area contributed by atoms with E-state index in [2.05, 4.69) is 5.32 Å². The summed E-state index contributed by atoms with van der Waals surface area (Å²) in [4.78, 5) is 22.6. The van der Waals surface area contributed by atoms with Gasteiger partial charge < -0.3 is 16.8 Å². The lowest BCUT2D eigenvalue weighted by molar-refractivity contribution is -0.116. The van der Waals surface area contributed by atoms with E-state index in [-0.39, 0.29) is 29.5 Å². The molecule has 0 radical (unpaired) electrons. The van der Waals surface area contributed by atoms with Crippen molar-refractivity contribution < 1.29 is 14.0 Å². The molecule has 2 amide bonds. The summed E-state index contributed by atoms with van der Waals surface area (Å²) >= 11 is 0. The minimum atomic E-state index is -0.674. The van der Waals surface area contributed by atoms with Crippen molar-refractivity contribution in [3.63, 3.8) is 0 Å². The molecule has 0 fully saturated rings. The van der Waals surface area contributed by atoms with Gasteiger partial charge in [-0.1, -0.05) is 6.92 Å². The fourth-order valence-electron chi connectivity index (χ4n) is 1.48. The van der Waals surface area contributed by atoms with Crippen LogP contribution in [0, 0.1) is 11.7 Å². The summed E-state index contributed by atoms with van der Waals surface area (Å²) in [6, 6.07) is 3.59. The summed E-state index contributed by atoms with van der Waals surface area (Å²) in [5.41, 5.74) is 10.6. The van der Waals surface area contributed by atoms with Crippen LogP contribution in [0.2, 0.25) is 0 Å². The first-order valence-corrected chi connectivity index (χ1v) is 6.03. The number of amides is 2. The summed E-state index contributed by atoms with van der Waals surface area (Å²) < 4.78 is 13.5. The molecule has 19 heavy (non-hydrogen) atoms. The number of carbonyl (C=O) groups excluding carboxylic acids is 2. The molecule has 0 aromatic heterocycles. The zero-order chi connectivity index (χ0) is 14.4. The van der Waals surface area contributed by atoms with Gasteiger partial charge in [0.2, 0.25) is 11.8 Å². The van der Waals surface area contributed by atoms with Gasteiger partial charge in [0.1, 0.15) is 5.82 Å². The van der Waals surface area contributed by atoms with Gasteiger partial charge >= 0.3 is 0 Å². The molecular weight excluding hydrogens is 249 g/mol. The second-order valence-electron chi connectivity index (χ2n) is 4.49. The standard InChI is InChI=1S/C13H18FN3O2/c1-8(7-15)2-5-12(18)17-11-6-9(13(16)19)3-4-10(11)14/h3-4,6,8H,2,5,7,15H2,1H3,(H2,16,19)(H,17,18). The second kappa shape index (κ2) is 6.84. The van der Waals surface area contributed by atoms with Crippen molar-refractivity contribution in [3.05, 3.63) is 29.6 Å². The van der Waals surface area contributed by atoms with Gasteiger partial charge in [-0.3, -0.25) is 9.59 Å². The van der Waals surface area contributed by atoms with Crippen molar-refractivity contribution in [2.24, 2.45) is 17.4 Å². The third-order valence-electron chi connectivity index (χ3n) is 2.79. The molecule has 1 rings (SSSR count). The molecule has 1 aromatic rings. The smallest absolute Gasteiger partial charge is 0.248 e. The molecule has 0 saturated heterocycles. The first kappa shape index (κ1) is 15.1. The van der Waals surface area contributed by atoms with Crippen LogP contribution in [-0.2, 0) is 4.79 Å². The van der Waals surface area contributed by atoms with E-state index < -0.39 is 11.7 Å². The summed E-state index contributed by atoms with van der Waals surface area (Å²) in [6.45, 7) is 2.43. The summed E-state index contributed by atoms with van der Waals surface area (Å²) in [7, 11) is 0. The van der Waals surface area contributed by atoms with E-state index in [1.807, 2.05) is 6.92 Å². The van der Waals surface area contributed by atoms with Gasteiger partial charge in [0.15, 0.2) is 0 Å². The van der Waals surface area contributed by atoms with Crippen molar-refractivity contribution in [2.75, 3.05) is 11.9 Å². The molecule has 0 bridgehead atoms. The van der Waals surface area contributed by atoms with Crippen LogP contribution < -0.4 is 16.8 Å². The lowest BCUT2D eigenvalue weighted by Crippen LogP contribution is -2.18. The highest BCUT2D eigenvalue weighted by Crippen LogP contribution is 2.17. The lowest BCUT2D eigenvalue weighted by Gasteiger charge is -2.10. The number of nitrogens with one attached hydrogen (secondary N) is 1. The molecule has 1 atom stereocenters. The van der Waals surface area contributed by atoms with Crippen LogP contribution in [0.5, 0.6) is 0 Å².